The van der Waals surface area contributed by atoms with E-state index in [9.17, 15) is 4.79 Å². The van der Waals surface area contributed by atoms with Gasteiger partial charge in [-0.2, -0.15) is 5.10 Å². The first-order valence-electron chi connectivity index (χ1n) is 7.05. The zero-order chi connectivity index (χ0) is 16.1. The lowest BCUT2D eigenvalue weighted by Crippen LogP contribution is -2.28. The molecular weight excluding hydrogens is 282 g/mol. The van der Waals surface area contributed by atoms with Gasteiger partial charge in [0.1, 0.15) is 17.7 Å². The number of hydrogen-bond donors (Lipinski definition) is 1. The molecule has 6 nitrogen and oxygen atoms in total. The molecule has 22 heavy (non-hydrogen) atoms. The van der Waals surface area contributed by atoms with Crippen molar-refractivity contribution >= 4 is 11.7 Å². The molecule has 2 rings (SSSR count). The van der Waals surface area contributed by atoms with Crippen LogP contribution < -0.4 is 10.1 Å². The predicted octanol–water partition coefficient (Wildman–Crippen LogP) is 2.28. The summed E-state index contributed by atoms with van der Waals surface area (Å²) in [5.41, 5.74) is 1.80. The first-order chi connectivity index (χ1) is 10.5. The molecular formula is C16H21N3O3. The number of carbonyl (C=O) groups is 1. The predicted molar refractivity (Wildman–Crippen MR) is 83.8 cm³/mol. The molecule has 1 unspecified atom stereocenters. The van der Waals surface area contributed by atoms with Crippen molar-refractivity contribution in [3.8, 4) is 5.75 Å². The van der Waals surface area contributed by atoms with E-state index in [2.05, 4.69) is 10.4 Å². The van der Waals surface area contributed by atoms with Gasteiger partial charge in [0.05, 0.1) is 19.4 Å². The van der Waals surface area contributed by atoms with Crippen LogP contribution in [0.25, 0.3) is 0 Å². The smallest absolute Gasteiger partial charge is 0.254 e. The quantitative estimate of drug-likeness (QED) is 0.889. The SMILES string of the molecule is COc1cccc(COC(C)C(=O)Nc2cc(C)nn2C)c1. The van der Waals surface area contributed by atoms with Crippen LogP contribution in [-0.4, -0.2) is 28.9 Å². The van der Waals surface area contributed by atoms with E-state index in [0.29, 0.717) is 12.4 Å². The van der Waals surface area contributed by atoms with Gasteiger partial charge in [0.25, 0.3) is 5.91 Å². The van der Waals surface area contributed by atoms with Crippen LogP contribution in [0, 0.1) is 6.92 Å². The normalized spacial score (nSPS) is 12.0. The van der Waals surface area contributed by atoms with Crippen LogP contribution in [0.1, 0.15) is 18.2 Å². The zero-order valence-electron chi connectivity index (χ0n) is 13.3. The van der Waals surface area contributed by atoms with E-state index < -0.39 is 6.10 Å². The Morgan fingerprint density at radius 1 is 1.41 bits per heavy atom. The lowest BCUT2D eigenvalue weighted by Gasteiger charge is -2.13. The Bertz CT molecular complexity index is 652. The maximum atomic E-state index is 12.1. The van der Waals surface area contributed by atoms with Gasteiger partial charge in [-0.05, 0) is 31.5 Å². The molecule has 0 saturated carbocycles. The molecule has 0 fully saturated rings. The van der Waals surface area contributed by atoms with E-state index in [0.717, 1.165) is 17.0 Å². The number of amides is 1. The van der Waals surface area contributed by atoms with E-state index in [-0.39, 0.29) is 5.91 Å². The fourth-order valence-corrected chi connectivity index (χ4v) is 2.01. The van der Waals surface area contributed by atoms with E-state index in [1.54, 1.807) is 25.8 Å². The largest absolute Gasteiger partial charge is 0.497 e. The van der Waals surface area contributed by atoms with Crippen molar-refractivity contribution < 1.29 is 14.3 Å². The van der Waals surface area contributed by atoms with Gasteiger partial charge in [-0.1, -0.05) is 12.1 Å². The van der Waals surface area contributed by atoms with Crippen LogP contribution in [-0.2, 0) is 23.2 Å². The second-order valence-corrected chi connectivity index (χ2v) is 5.09. The summed E-state index contributed by atoms with van der Waals surface area (Å²) >= 11 is 0. The van der Waals surface area contributed by atoms with Gasteiger partial charge in [0, 0.05) is 13.1 Å². The van der Waals surface area contributed by atoms with Crippen molar-refractivity contribution in [1.82, 2.24) is 9.78 Å². The highest BCUT2D eigenvalue weighted by Crippen LogP contribution is 2.14. The van der Waals surface area contributed by atoms with Crippen LogP contribution in [0.4, 0.5) is 5.82 Å². The Kier molecular flexibility index (Phi) is 5.16. The summed E-state index contributed by atoms with van der Waals surface area (Å²) in [5.74, 6) is 1.22. The van der Waals surface area contributed by atoms with Crippen LogP contribution in [0.3, 0.4) is 0 Å². The lowest BCUT2D eigenvalue weighted by molar-refractivity contribution is -0.127. The summed E-state index contributed by atoms with van der Waals surface area (Å²) in [7, 11) is 3.40. The molecule has 0 aliphatic rings. The number of ether oxygens (including phenoxy) is 2. The van der Waals surface area contributed by atoms with E-state index in [1.165, 1.54) is 0 Å². The number of hydrogen-bond acceptors (Lipinski definition) is 4. The van der Waals surface area contributed by atoms with E-state index in [4.69, 9.17) is 9.47 Å². The fourth-order valence-electron chi connectivity index (χ4n) is 2.01. The van der Waals surface area contributed by atoms with Crippen molar-refractivity contribution in [2.75, 3.05) is 12.4 Å². The topological polar surface area (TPSA) is 65.4 Å². The number of rotatable bonds is 6. The Morgan fingerprint density at radius 3 is 2.82 bits per heavy atom. The Balaban J connectivity index is 1.89. The number of benzene rings is 1. The third kappa shape index (κ3) is 4.08. The first kappa shape index (κ1) is 16.0. The Morgan fingerprint density at radius 2 is 2.18 bits per heavy atom. The molecule has 0 radical (unpaired) electrons. The fraction of sp³-hybridized carbons (Fsp3) is 0.375. The Hall–Kier alpha value is -2.34. The number of anilines is 1. The molecule has 1 aromatic carbocycles. The highest BCUT2D eigenvalue weighted by Gasteiger charge is 2.15. The van der Waals surface area contributed by atoms with Gasteiger partial charge in [0.2, 0.25) is 0 Å². The molecule has 0 saturated heterocycles. The van der Waals surface area contributed by atoms with Gasteiger partial charge in [0.15, 0.2) is 0 Å². The number of methoxy groups -OCH3 is 1. The van der Waals surface area contributed by atoms with Crippen molar-refractivity contribution in [3.63, 3.8) is 0 Å². The summed E-state index contributed by atoms with van der Waals surface area (Å²) in [6, 6.07) is 9.38. The molecule has 0 aliphatic heterocycles. The summed E-state index contributed by atoms with van der Waals surface area (Å²) in [6.45, 7) is 3.94. The second-order valence-electron chi connectivity index (χ2n) is 5.09. The molecule has 118 valence electrons. The molecule has 1 aromatic heterocycles. The van der Waals surface area contributed by atoms with Gasteiger partial charge in [-0.25, -0.2) is 0 Å². The van der Waals surface area contributed by atoms with Gasteiger partial charge < -0.3 is 14.8 Å². The number of carbonyl (C=O) groups excluding carboxylic acids is 1. The molecule has 6 heteroatoms. The molecule has 2 aromatic rings. The van der Waals surface area contributed by atoms with Crippen LogP contribution in [0.2, 0.25) is 0 Å². The van der Waals surface area contributed by atoms with Crippen LogP contribution in [0.15, 0.2) is 30.3 Å². The monoisotopic (exact) mass is 303 g/mol. The minimum atomic E-state index is -0.568. The summed E-state index contributed by atoms with van der Waals surface area (Å²) in [5, 5.41) is 6.98. The Labute approximate surface area is 130 Å². The summed E-state index contributed by atoms with van der Waals surface area (Å²) in [6.07, 6.45) is -0.568. The average Bonchev–Trinajstić information content (AvgIpc) is 2.82. The van der Waals surface area contributed by atoms with E-state index >= 15 is 0 Å². The molecule has 0 spiro atoms. The molecule has 0 bridgehead atoms. The van der Waals surface area contributed by atoms with Gasteiger partial charge in [-0.3, -0.25) is 9.48 Å². The number of nitrogens with zero attached hydrogens (tertiary/aromatic N) is 2. The standard InChI is InChI=1S/C16H21N3O3/c1-11-8-15(19(3)18-11)17-16(20)12(2)22-10-13-6-5-7-14(9-13)21-4/h5-9,12H,10H2,1-4H3,(H,17,20). The summed E-state index contributed by atoms with van der Waals surface area (Å²) in [4.78, 5) is 12.1. The summed E-state index contributed by atoms with van der Waals surface area (Å²) < 4.78 is 12.4. The number of nitrogens with one attached hydrogen (secondary N) is 1. The zero-order valence-corrected chi connectivity index (χ0v) is 13.3. The molecule has 1 amide bonds. The minimum Gasteiger partial charge on any atom is -0.497 e. The van der Waals surface area contributed by atoms with Crippen LogP contribution in [0.5, 0.6) is 5.75 Å². The molecule has 1 N–H and O–H groups in total. The van der Waals surface area contributed by atoms with Gasteiger partial charge >= 0.3 is 0 Å². The molecule has 1 heterocycles. The highest BCUT2D eigenvalue weighted by atomic mass is 16.5. The highest BCUT2D eigenvalue weighted by molar-refractivity contribution is 5.93. The van der Waals surface area contributed by atoms with Crippen molar-refractivity contribution in [3.05, 3.63) is 41.6 Å². The maximum Gasteiger partial charge on any atom is 0.254 e. The molecule has 0 aliphatic carbocycles. The molecule has 1 atom stereocenters. The number of aryl methyl sites for hydroxylation is 2. The second kappa shape index (κ2) is 7.09. The van der Waals surface area contributed by atoms with Gasteiger partial charge in [-0.15, -0.1) is 0 Å². The van der Waals surface area contributed by atoms with Crippen molar-refractivity contribution in [2.24, 2.45) is 7.05 Å². The maximum absolute atomic E-state index is 12.1. The van der Waals surface area contributed by atoms with E-state index in [1.807, 2.05) is 37.3 Å². The van der Waals surface area contributed by atoms with Crippen LogP contribution >= 0.6 is 0 Å². The van der Waals surface area contributed by atoms with Crippen molar-refractivity contribution in [2.45, 2.75) is 26.6 Å². The lowest BCUT2D eigenvalue weighted by atomic mass is 10.2. The third-order valence-electron chi connectivity index (χ3n) is 3.26. The minimum absolute atomic E-state index is 0.203. The third-order valence-corrected chi connectivity index (χ3v) is 3.26. The van der Waals surface area contributed by atoms with Crippen molar-refractivity contribution in [1.29, 1.82) is 0 Å². The first-order valence-corrected chi connectivity index (χ1v) is 7.05. The average molecular weight is 303 g/mol. The number of aromatic nitrogens is 2.